The van der Waals surface area contributed by atoms with Crippen molar-refractivity contribution >= 4 is 39.1 Å². The first-order valence-electron chi connectivity index (χ1n) is 5.13. The highest BCUT2D eigenvalue weighted by atomic mass is 79.9. The lowest BCUT2D eigenvalue weighted by atomic mass is 10.0. The topological polar surface area (TPSA) is 0 Å². The molecule has 1 atom stereocenters. The number of hydrogen-bond acceptors (Lipinski definition) is 0. The Morgan fingerprint density at radius 2 is 1.63 bits per heavy atom. The van der Waals surface area contributed by atoms with E-state index in [9.17, 15) is 13.2 Å². The van der Waals surface area contributed by atoms with Gasteiger partial charge in [-0.2, -0.15) is 0 Å². The largest absolute Gasteiger partial charge is 0.207 e. The quantitative estimate of drug-likeness (QED) is 0.460. The van der Waals surface area contributed by atoms with E-state index in [0.717, 1.165) is 12.1 Å². The fourth-order valence-corrected chi connectivity index (χ4v) is 2.43. The van der Waals surface area contributed by atoms with Gasteiger partial charge in [0.2, 0.25) is 0 Å². The molecular formula is C13H6BrCl2F3. The molecule has 0 fully saturated rings. The maximum absolute atomic E-state index is 13.7. The highest BCUT2D eigenvalue weighted by Crippen LogP contribution is 2.34. The minimum absolute atomic E-state index is 0.0536. The Morgan fingerprint density at radius 1 is 0.947 bits per heavy atom. The van der Waals surface area contributed by atoms with Gasteiger partial charge in [0, 0.05) is 5.56 Å². The fourth-order valence-electron chi connectivity index (χ4n) is 1.58. The van der Waals surface area contributed by atoms with E-state index in [-0.39, 0.29) is 15.1 Å². The number of rotatable bonds is 2. The predicted molar refractivity (Wildman–Crippen MR) is 73.2 cm³/mol. The van der Waals surface area contributed by atoms with Gasteiger partial charge < -0.3 is 0 Å². The highest BCUT2D eigenvalue weighted by molar-refractivity contribution is 9.10. The highest BCUT2D eigenvalue weighted by Gasteiger charge is 2.19. The van der Waals surface area contributed by atoms with Gasteiger partial charge in [-0.15, -0.1) is 11.6 Å². The molecule has 0 N–H and O–H groups in total. The lowest BCUT2D eigenvalue weighted by molar-refractivity contribution is 0.587. The van der Waals surface area contributed by atoms with Crippen LogP contribution in [-0.2, 0) is 0 Å². The van der Waals surface area contributed by atoms with Crippen LogP contribution in [-0.4, -0.2) is 0 Å². The summed E-state index contributed by atoms with van der Waals surface area (Å²) in [6.07, 6.45) is 0. The van der Waals surface area contributed by atoms with Crippen molar-refractivity contribution in [3.8, 4) is 0 Å². The monoisotopic (exact) mass is 368 g/mol. The molecule has 0 radical (unpaired) electrons. The van der Waals surface area contributed by atoms with Crippen LogP contribution in [0.3, 0.4) is 0 Å². The van der Waals surface area contributed by atoms with Crippen molar-refractivity contribution in [2.24, 2.45) is 0 Å². The van der Waals surface area contributed by atoms with Crippen LogP contribution >= 0.6 is 39.1 Å². The van der Waals surface area contributed by atoms with Crippen LogP contribution in [0.2, 0.25) is 5.02 Å². The average Bonchev–Trinajstić information content (AvgIpc) is 2.36. The summed E-state index contributed by atoms with van der Waals surface area (Å²) in [6.45, 7) is 0. The first-order valence-corrected chi connectivity index (χ1v) is 6.74. The van der Waals surface area contributed by atoms with Crippen molar-refractivity contribution in [3.63, 3.8) is 0 Å². The molecule has 0 heterocycles. The van der Waals surface area contributed by atoms with Gasteiger partial charge >= 0.3 is 0 Å². The van der Waals surface area contributed by atoms with Gasteiger partial charge in [-0.25, -0.2) is 13.2 Å². The van der Waals surface area contributed by atoms with Crippen molar-refractivity contribution in [2.75, 3.05) is 0 Å². The van der Waals surface area contributed by atoms with Gasteiger partial charge in [-0.05, 0) is 45.8 Å². The van der Waals surface area contributed by atoms with E-state index in [4.69, 9.17) is 23.2 Å². The Balaban J connectivity index is 2.46. The molecule has 6 heteroatoms. The number of halogens is 6. The van der Waals surface area contributed by atoms with Gasteiger partial charge in [0.15, 0.2) is 0 Å². The van der Waals surface area contributed by atoms with Gasteiger partial charge in [0.25, 0.3) is 0 Å². The van der Waals surface area contributed by atoms with Crippen molar-refractivity contribution in [1.29, 1.82) is 0 Å². The molecule has 1 unspecified atom stereocenters. The third kappa shape index (κ3) is 3.07. The molecule has 0 aliphatic rings. The molecule has 0 saturated heterocycles. The summed E-state index contributed by atoms with van der Waals surface area (Å²) in [4.78, 5) is 0. The molecule has 2 rings (SSSR count). The predicted octanol–water partition coefficient (Wildman–Crippen LogP) is 5.85. The first-order chi connectivity index (χ1) is 8.90. The van der Waals surface area contributed by atoms with Crippen molar-refractivity contribution in [2.45, 2.75) is 5.38 Å². The third-order valence-corrected chi connectivity index (χ3v) is 3.93. The zero-order valence-electron chi connectivity index (χ0n) is 9.23. The molecule has 19 heavy (non-hydrogen) atoms. The van der Waals surface area contributed by atoms with E-state index in [1.807, 2.05) is 0 Å². The van der Waals surface area contributed by atoms with Crippen LogP contribution in [0.15, 0.2) is 34.8 Å². The van der Waals surface area contributed by atoms with Gasteiger partial charge in [0.05, 0.1) is 14.9 Å². The summed E-state index contributed by atoms with van der Waals surface area (Å²) in [6, 6.07) is 5.81. The lowest BCUT2D eigenvalue weighted by Gasteiger charge is -2.12. The van der Waals surface area contributed by atoms with E-state index in [1.165, 1.54) is 18.2 Å². The van der Waals surface area contributed by atoms with Crippen LogP contribution in [0.25, 0.3) is 0 Å². The van der Waals surface area contributed by atoms with Gasteiger partial charge in [-0.3, -0.25) is 0 Å². The molecular weight excluding hydrogens is 364 g/mol. The molecule has 0 aliphatic heterocycles. The molecule has 0 aliphatic carbocycles. The average molecular weight is 370 g/mol. The van der Waals surface area contributed by atoms with Gasteiger partial charge in [0.1, 0.15) is 17.5 Å². The summed E-state index contributed by atoms with van der Waals surface area (Å²) in [5.41, 5.74) is 0.387. The van der Waals surface area contributed by atoms with Crippen LogP contribution in [0.4, 0.5) is 13.2 Å². The van der Waals surface area contributed by atoms with Crippen molar-refractivity contribution in [3.05, 3.63) is 68.4 Å². The molecule has 0 saturated carbocycles. The Morgan fingerprint density at radius 3 is 2.26 bits per heavy atom. The second-order valence-corrected chi connectivity index (χ2v) is 5.52. The van der Waals surface area contributed by atoms with E-state index in [1.54, 1.807) is 0 Å². The lowest BCUT2D eigenvalue weighted by Crippen LogP contribution is -1.99. The maximum atomic E-state index is 13.7. The smallest absolute Gasteiger partial charge is 0.142 e. The summed E-state index contributed by atoms with van der Waals surface area (Å²) < 4.78 is 40.4. The van der Waals surface area contributed by atoms with Crippen LogP contribution in [0.5, 0.6) is 0 Å². The summed E-state index contributed by atoms with van der Waals surface area (Å²) >= 11 is 14.6. The van der Waals surface area contributed by atoms with Crippen molar-refractivity contribution in [1.82, 2.24) is 0 Å². The van der Waals surface area contributed by atoms with E-state index >= 15 is 0 Å². The van der Waals surface area contributed by atoms with E-state index in [2.05, 4.69) is 15.9 Å². The molecule has 2 aromatic carbocycles. The molecule has 2 aromatic rings. The molecule has 0 nitrogen and oxygen atoms in total. The standard InChI is InChI=1S/C13H6BrCl2F3/c14-8-3-6(1-2-10(8)17)13(16)7-4-12(19)9(15)5-11(7)18/h1-5,13H. The first kappa shape index (κ1) is 14.7. The number of alkyl halides is 1. The van der Waals surface area contributed by atoms with E-state index in [0.29, 0.717) is 5.56 Å². The minimum Gasteiger partial charge on any atom is -0.207 e. The molecule has 0 spiro atoms. The van der Waals surface area contributed by atoms with Crippen molar-refractivity contribution < 1.29 is 13.2 Å². The number of hydrogen-bond donors (Lipinski definition) is 0. The Bertz CT molecular complexity index is 632. The second-order valence-electron chi connectivity index (χ2n) is 3.82. The summed E-state index contributed by atoms with van der Waals surface area (Å²) in [5, 5.41) is -1.26. The molecule has 0 amide bonds. The Kier molecular flexibility index (Phi) is 4.43. The van der Waals surface area contributed by atoms with E-state index < -0.39 is 22.8 Å². The number of benzene rings is 2. The third-order valence-electron chi connectivity index (χ3n) is 2.55. The summed E-state index contributed by atoms with van der Waals surface area (Å²) in [7, 11) is 0. The Hall–Kier alpha value is -0.710. The maximum Gasteiger partial charge on any atom is 0.142 e. The molecule has 0 bridgehead atoms. The van der Waals surface area contributed by atoms with Gasteiger partial charge in [-0.1, -0.05) is 17.7 Å². The van der Waals surface area contributed by atoms with Crippen LogP contribution in [0, 0.1) is 17.5 Å². The van der Waals surface area contributed by atoms with Crippen LogP contribution in [0.1, 0.15) is 16.5 Å². The minimum atomic E-state index is -0.941. The normalized spacial score (nSPS) is 12.5. The second kappa shape index (κ2) is 5.73. The van der Waals surface area contributed by atoms with Crippen LogP contribution < -0.4 is 0 Å². The fraction of sp³-hybridized carbons (Fsp3) is 0.0769. The SMILES string of the molecule is Fc1cc(C(Cl)c2ccc(F)c(Br)c2)c(F)cc1Cl. The summed E-state index contributed by atoms with van der Waals surface area (Å²) in [5.74, 6) is -1.94. The molecule has 0 aromatic heterocycles. The Labute approximate surface area is 126 Å². The molecule has 100 valence electrons. The zero-order valence-corrected chi connectivity index (χ0v) is 12.3. The zero-order chi connectivity index (χ0) is 14.2.